The van der Waals surface area contributed by atoms with Gasteiger partial charge in [-0.25, -0.2) is 0 Å². The van der Waals surface area contributed by atoms with Gasteiger partial charge in [-0.15, -0.1) is 11.8 Å². The maximum absolute atomic E-state index is 3.74. The molecule has 1 aliphatic heterocycles. The van der Waals surface area contributed by atoms with Crippen LogP contribution in [0.25, 0.3) is 0 Å². The highest BCUT2D eigenvalue weighted by Gasteiger charge is 1.80. The zero-order valence-electron chi connectivity index (χ0n) is 3.09. The lowest BCUT2D eigenvalue weighted by Gasteiger charge is -1.86. The summed E-state index contributed by atoms with van der Waals surface area (Å²) in [5.74, 6) is 2.82. The highest BCUT2D eigenvalue weighted by molar-refractivity contribution is 8.04. The summed E-state index contributed by atoms with van der Waals surface area (Å²) in [5.41, 5.74) is 0. The van der Waals surface area contributed by atoms with Crippen LogP contribution in [0.5, 0.6) is 0 Å². The zero-order valence-corrected chi connectivity index (χ0v) is 3.90. The average Bonchev–Trinajstić information content (AvgIpc) is 1.72. The summed E-state index contributed by atoms with van der Waals surface area (Å²) in [4.78, 5) is 3.74. The van der Waals surface area contributed by atoms with E-state index in [9.17, 15) is 0 Å². The van der Waals surface area contributed by atoms with E-state index in [1.54, 1.807) is 12.4 Å². The van der Waals surface area contributed by atoms with Gasteiger partial charge in [0.15, 0.2) is 0 Å². The molecule has 1 nitrogen and oxygen atoms in total. The van der Waals surface area contributed by atoms with Crippen LogP contribution in [-0.2, 0) is 0 Å². The molecule has 2 heteroatoms. The molecule has 0 unspecified atom stereocenters. The first-order valence-corrected chi connectivity index (χ1v) is 2.46. The zero-order chi connectivity index (χ0) is 4.24. The summed E-state index contributed by atoms with van der Waals surface area (Å²) < 4.78 is 0. The quantitative estimate of drug-likeness (QED) is 0.444. The summed E-state index contributed by atoms with van der Waals surface area (Å²) in [6, 6.07) is 0. The van der Waals surface area contributed by atoms with Crippen LogP contribution in [0, 0.1) is 5.75 Å². The fraction of sp³-hybridized carbons (Fsp3) is 0. The van der Waals surface area contributed by atoms with E-state index in [0.29, 0.717) is 0 Å². The number of thioether (sulfide) groups is 1. The van der Waals surface area contributed by atoms with Crippen molar-refractivity contribution in [1.29, 1.82) is 0 Å². The summed E-state index contributed by atoms with van der Waals surface area (Å²) in [7, 11) is 0. The van der Waals surface area contributed by atoms with E-state index >= 15 is 0 Å². The van der Waals surface area contributed by atoms with Gasteiger partial charge in [-0.1, -0.05) is 0 Å². The molecule has 30 valence electrons. The van der Waals surface area contributed by atoms with Gasteiger partial charge in [-0.3, -0.25) is 4.99 Å². The van der Waals surface area contributed by atoms with E-state index in [-0.39, 0.29) is 0 Å². The third-order valence-electron chi connectivity index (χ3n) is 0.410. The molecule has 0 saturated carbocycles. The molecule has 0 aromatic rings. The molecule has 1 heterocycles. The highest BCUT2D eigenvalue weighted by Crippen LogP contribution is 2.07. The van der Waals surface area contributed by atoms with Gasteiger partial charge >= 0.3 is 0 Å². The Labute approximate surface area is 41.2 Å². The van der Waals surface area contributed by atoms with Crippen molar-refractivity contribution < 1.29 is 0 Å². The van der Waals surface area contributed by atoms with E-state index in [0.717, 1.165) is 0 Å². The summed E-state index contributed by atoms with van der Waals surface area (Å²) >= 11 is 1.52. The first-order valence-electron chi connectivity index (χ1n) is 1.58. The van der Waals surface area contributed by atoms with E-state index in [1.165, 1.54) is 11.8 Å². The van der Waals surface area contributed by atoms with Crippen molar-refractivity contribution in [2.24, 2.45) is 4.99 Å². The number of hydrogen-bond acceptors (Lipinski definition) is 2. The van der Waals surface area contributed by atoms with Crippen molar-refractivity contribution in [1.82, 2.24) is 0 Å². The second kappa shape index (κ2) is 2.03. The molecule has 1 rings (SSSR count). The van der Waals surface area contributed by atoms with Crippen molar-refractivity contribution in [2.75, 3.05) is 0 Å². The second-order valence-electron chi connectivity index (χ2n) is 0.799. The molecule has 0 amide bonds. The van der Waals surface area contributed by atoms with Crippen molar-refractivity contribution in [2.45, 2.75) is 0 Å². The Morgan fingerprint density at radius 3 is 2.83 bits per heavy atom. The lowest BCUT2D eigenvalue weighted by atomic mass is 10.8. The van der Waals surface area contributed by atoms with Crippen LogP contribution < -0.4 is 0 Å². The van der Waals surface area contributed by atoms with Gasteiger partial charge < -0.3 is 0 Å². The van der Waals surface area contributed by atoms with Crippen LogP contribution in [0.1, 0.15) is 0 Å². The van der Waals surface area contributed by atoms with Crippen LogP contribution in [0.3, 0.4) is 0 Å². The van der Waals surface area contributed by atoms with Crippen molar-refractivity contribution in [3.8, 4) is 0 Å². The molecule has 2 radical (unpaired) electrons. The lowest BCUT2D eigenvalue weighted by molar-refractivity contribution is 1.61. The molecular formula is C4H3NS. The third kappa shape index (κ3) is 0.863. The largest absolute Gasteiger partial charge is 0.267 e. The Kier molecular flexibility index (Phi) is 1.33. The Hall–Kier alpha value is -0.240. The number of nitrogens with zero attached hydrogens (tertiary/aromatic N) is 1. The fourth-order valence-electron chi connectivity index (χ4n) is 0.209. The van der Waals surface area contributed by atoms with Gasteiger partial charge in [0.05, 0.1) is 5.75 Å². The fourth-order valence-corrected chi connectivity index (χ4v) is 0.540. The van der Waals surface area contributed by atoms with E-state index in [2.05, 4.69) is 10.7 Å². The molecule has 0 atom stereocenters. The first kappa shape index (κ1) is 3.93. The third-order valence-corrected chi connectivity index (χ3v) is 0.910. The minimum atomic E-state index is 1.52. The molecule has 0 aromatic heterocycles. The van der Waals surface area contributed by atoms with Crippen LogP contribution in [-0.4, -0.2) is 6.21 Å². The summed E-state index contributed by atoms with van der Waals surface area (Å²) in [6.07, 6.45) is 3.38. The van der Waals surface area contributed by atoms with Gasteiger partial charge in [-0.05, 0) is 5.41 Å². The van der Waals surface area contributed by atoms with Crippen LogP contribution in [0.4, 0.5) is 0 Å². The number of rotatable bonds is 0. The van der Waals surface area contributed by atoms with Crippen molar-refractivity contribution in [3.05, 3.63) is 17.4 Å². The summed E-state index contributed by atoms with van der Waals surface area (Å²) in [5, 5.41) is 1.88. The highest BCUT2D eigenvalue weighted by atomic mass is 32.2. The van der Waals surface area contributed by atoms with E-state index in [4.69, 9.17) is 0 Å². The van der Waals surface area contributed by atoms with Gasteiger partial charge in [-0.2, -0.15) is 0 Å². The molecule has 0 aliphatic carbocycles. The normalized spacial score (nSPS) is 18.7. The Morgan fingerprint density at radius 1 is 1.67 bits per heavy atom. The van der Waals surface area contributed by atoms with Crippen LogP contribution >= 0.6 is 11.8 Å². The summed E-state index contributed by atoms with van der Waals surface area (Å²) in [6.45, 7) is 0. The SMILES string of the molecule is [C]1C=NC=CS1. The minimum absolute atomic E-state index is 1.52. The monoisotopic (exact) mass is 97.0 g/mol. The predicted molar refractivity (Wildman–Crippen MR) is 28.5 cm³/mol. The Balaban J connectivity index is 2.46. The standard InChI is InChI=1S/C4H3NS/c1-3-6-4-2-5-1/h1-3H. The topological polar surface area (TPSA) is 12.4 Å². The predicted octanol–water partition coefficient (Wildman–Crippen LogP) is 1.31. The van der Waals surface area contributed by atoms with E-state index < -0.39 is 0 Å². The number of hydrogen-bond donors (Lipinski definition) is 0. The smallest absolute Gasteiger partial charge is 0.0987 e. The molecule has 1 aliphatic rings. The van der Waals surface area contributed by atoms with Crippen molar-refractivity contribution in [3.63, 3.8) is 0 Å². The minimum Gasteiger partial charge on any atom is -0.267 e. The maximum Gasteiger partial charge on any atom is 0.0987 e. The van der Waals surface area contributed by atoms with Gasteiger partial charge in [0.1, 0.15) is 0 Å². The van der Waals surface area contributed by atoms with Crippen LogP contribution in [0.15, 0.2) is 16.6 Å². The van der Waals surface area contributed by atoms with Crippen LogP contribution in [0.2, 0.25) is 0 Å². The second-order valence-corrected chi connectivity index (χ2v) is 1.54. The Bertz CT molecular complexity index is 73.5. The molecule has 0 bridgehead atoms. The van der Waals surface area contributed by atoms with Gasteiger partial charge in [0, 0.05) is 12.4 Å². The molecule has 0 fully saturated rings. The molecule has 0 spiro atoms. The average molecular weight is 97.1 g/mol. The van der Waals surface area contributed by atoms with E-state index in [1.807, 2.05) is 5.41 Å². The lowest BCUT2D eigenvalue weighted by Crippen LogP contribution is -1.69. The van der Waals surface area contributed by atoms with Crippen molar-refractivity contribution >= 4 is 18.0 Å². The molecular weight excluding hydrogens is 94.1 g/mol. The Morgan fingerprint density at radius 2 is 2.67 bits per heavy atom. The number of aliphatic imine (C=N–C) groups is 1. The maximum atomic E-state index is 3.74. The molecule has 0 aromatic carbocycles. The molecule has 0 N–H and O–H groups in total. The first-order chi connectivity index (χ1) is 3.00. The molecule has 0 saturated heterocycles. The van der Waals surface area contributed by atoms with Gasteiger partial charge in [0.2, 0.25) is 0 Å². The molecule has 6 heavy (non-hydrogen) atoms. The van der Waals surface area contributed by atoms with Gasteiger partial charge in [0.25, 0.3) is 0 Å².